The standard InChI is InChI=1S/C17H11BrN4O/c18-13-7-5-11(6-8-13)15-9-16(22-21-15)17(23)20-14-4-2-1-3-12(14)10-19/h1-9H,(H,20,23)(H,21,22). The molecule has 0 spiro atoms. The van der Waals surface area contributed by atoms with Gasteiger partial charge in [-0.3, -0.25) is 9.89 Å². The maximum Gasteiger partial charge on any atom is 0.273 e. The lowest BCUT2D eigenvalue weighted by molar-refractivity contribution is 0.102. The van der Waals surface area contributed by atoms with Crippen LogP contribution in [0.2, 0.25) is 0 Å². The van der Waals surface area contributed by atoms with E-state index >= 15 is 0 Å². The van der Waals surface area contributed by atoms with Gasteiger partial charge in [-0.1, -0.05) is 40.2 Å². The number of H-pyrrole nitrogens is 1. The highest BCUT2D eigenvalue weighted by Crippen LogP contribution is 2.21. The number of hydrogen-bond donors (Lipinski definition) is 2. The van der Waals surface area contributed by atoms with Gasteiger partial charge in [-0.2, -0.15) is 10.4 Å². The Morgan fingerprint density at radius 1 is 1.17 bits per heavy atom. The van der Waals surface area contributed by atoms with E-state index in [4.69, 9.17) is 5.26 Å². The second-order valence-corrected chi connectivity index (χ2v) is 5.70. The van der Waals surface area contributed by atoms with Gasteiger partial charge >= 0.3 is 0 Å². The zero-order valence-electron chi connectivity index (χ0n) is 11.9. The lowest BCUT2D eigenvalue weighted by Crippen LogP contribution is -2.13. The van der Waals surface area contributed by atoms with Gasteiger partial charge in [0.1, 0.15) is 11.8 Å². The molecule has 0 unspecified atom stereocenters. The first kappa shape index (κ1) is 15.0. The Morgan fingerprint density at radius 2 is 1.91 bits per heavy atom. The van der Waals surface area contributed by atoms with Gasteiger partial charge in [0.25, 0.3) is 5.91 Å². The van der Waals surface area contributed by atoms with Gasteiger partial charge < -0.3 is 5.32 Å². The number of rotatable bonds is 3. The molecule has 23 heavy (non-hydrogen) atoms. The smallest absolute Gasteiger partial charge is 0.273 e. The van der Waals surface area contributed by atoms with E-state index in [0.29, 0.717) is 22.6 Å². The molecule has 2 N–H and O–H groups in total. The number of halogens is 1. The molecule has 0 radical (unpaired) electrons. The number of aromatic amines is 1. The van der Waals surface area contributed by atoms with Gasteiger partial charge in [-0.25, -0.2) is 0 Å². The Hall–Kier alpha value is -2.91. The summed E-state index contributed by atoms with van der Waals surface area (Å²) >= 11 is 3.38. The summed E-state index contributed by atoms with van der Waals surface area (Å²) < 4.78 is 0.975. The van der Waals surface area contributed by atoms with Crippen molar-refractivity contribution in [2.45, 2.75) is 0 Å². The van der Waals surface area contributed by atoms with E-state index in [0.717, 1.165) is 10.0 Å². The Balaban J connectivity index is 1.81. The molecule has 6 heteroatoms. The SMILES string of the molecule is N#Cc1ccccc1NC(=O)c1cc(-c2ccc(Br)cc2)n[nH]1. The van der Waals surface area contributed by atoms with E-state index in [-0.39, 0.29) is 5.91 Å². The molecule has 2 aromatic carbocycles. The summed E-state index contributed by atoms with van der Waals surface area (Å²) in [5.74, 6) is -0.344. The largest absolute Gasteiger partial charge is 0.319 e. The van der Waals surface area contributed by atoms with Crippen LogP contribution < -0.4 is 5.32 Å². The molecule has 5 nitrogen and oxygen atoms in total. The molecule has 0 saturated carbocycles. The first-order chi connectivity index (χ1) is 11.2. The van der Waals surface area contributed by atoms with Crippen molar-refractivity contribution in [2.24, 2.45) is 0 Å². The summed E-state index contributed by atoms with van der Waals surface area (Å²) in [6.07, 6.45) is 0. The number of nitriles is 1. The molecule has 0 aliphatic carbocycles. The number of hydrogen-bond acceptors (Lipinski definition) is 3. The number of carbonyl (C=O) groups is 1. The third-order valence-electron chi connectivity index (χ3n) is 3.26. The summed E-state index contributed by atoms with van der Waals surface area (Å²) in [6.45, 7) is 0. The van der Waals surface area contributed by atoms with Crippen molar-refractivity contribution in [3.8, 4) is 17.3 Å². The van der Waals surface area contributed by atoms with Crippen molar-refractivity contribution < 1.29 is 4.79 Å². The van der Waals surface area contributed by atoms with Crippen LogP contribution in [-0.4, -0.2) is 16.1 Å². The highest BCUT2D eigenvalue weighted by Gasteiger charge is 2.12. The molecular formula is C17H11BrN4O. The molecule has 0 aliphatic rings. The molecular weight excluding hydrogens is 356 g/mol. The minimum atomic E-state index is -0.344. The van der Waals surface area contributed by atoms with Crippen LogP contribution in [0.5, 0.6) is 0 Å². The fraction of sp³-hybridized carbons (Fsp3) is 0. The van der Waals surface area contributed by atoms with E-state index < -0.39 is 0 Å². The molecule has 0 saturated heterocycles. The Bertz CT molecular complexity index is 893. The summed E-state index contributed by atoms with van der Waals surface area (Å²) in [7, 11) is 0. The lowest BCUT2D eigenvalue weighted by atomic mass is 10.1. The topological polar surface area (TPSA) is 81.6 Å². The summed E-state index contributed by atoms with van der Waals surface area (Å²) in [4.78, 5) is 12.3. The summed E-state index contributed by atoms with van der Waals surface area (Å²) in [5, 5.41) is 18.6. The van der Waals surface area contributed by atoms with Gasteiger partial charge in [0.15, 0.2) is 0 Å². The van der Waals surface area contributed by atoms with Crippen LogP contribution in [0.3, 0.4) is 0 Å². The monoisotopic (exact) mass is 366 g/mol. The van der Waals surface area contributed by atoms with Crippen molar-refractivity contribution in [1.82, 2.24) is 10.2 Å². The van der Waals surface area contributed by atoms with Crippen molar-refractivity contribution in [1.29, 1.82) is 5.26 Å². The van der Waals surface area contributed by atoms with E-state index in [1.807, 2.05) is 30.3 Å². The third-order valence-corrected chi connectivity index (χ3v) is 3.79. The van der Waals surface area contributed by atoms with E-state index in [1.54, 1.807) is 30.3 Å². The number of amides is 1. The number of aromatic nitrogens is 2. The maximum atomic E-state index is 12.3. The number of nitrogens with one attached hydrogen (secondary N) is 2. The predicted molar refractivity (Wildman–Crippen MR) is 90.8 cm³/mol. The fourth-order valence-corrected chi connectivity index (χ4v) is 2.35. The van der Waals surface area contributed by atoms with Gasteiger partial charge in [0.2, 0.25) is 0 Å². The first-order valence-electron chi connectivity index (χ1n) is 6.79. The van der Waals surface area contributed by atoms with Crippen molar-refractivity contribution in [3.63, 3.8) is 0 Å². The van der Waals surface area contributed by atoms with Crippen LogP contribution in [0.15, 0.2) is 59.1 Å². The van der Waals surface area contributed by atoms with Crippen LogP contribution in [0.4, 0.5) is 5.69 Å². The second-order valence-electron chi connectivity index (χ2n) is 4.79. The third kappa shape index (κ3) is 3.30. The maximum absolute atomic E-state index is 12.3. The zero-order valence-corrected chi connectivity index (χ0v) is 13.5. The average Bonchev–Trinajstić information content (AvgIpc) is 3.06. The molecule has 3 rings (SSSR count). The molecule has 0 atom stereocenters. The normalized spacial score (nSPS) is 10.1. The molecule has 0 aliphatic heterocycles. The van der Waals surface area contributed by atoms with Crippen LogP contribution in [0, 0.1) is 11.3 Å². The van der Waals surface area contributed by atoms with E-state index in [9.17, 15) is 4.79 Å². The van der Waals surface area contributed by atoms with E-state index in [1.165, 1.54) is 0 Å². The average molecular weight is 367 g/mol. The number of anilines is 1. The molecule has 0 fully saturated rings. The number of benzene rings is 2. The molecule has 3 aromatic rings. The molecule has 1 aromatic heterocycles. The van der Waals surface area contributed by atoms with Crippen LogP contribution in [-0.2, 0) is 0 Å². The summed E-state index contributed by atoms with van der Waals surface area (Å²) in [6, 6.07) is 18.2. The van der Waals surface area contributed by atoms with E-state index in [2.05, 4.69) is 31.4 Å². The Labute approximate surface area is 141 Å². The number of para-hydroxylation sites is 1. The lowest BCUT2D eigenvalue weighted by Gasteiger charge is -2.04. The highest BCUT2D eigenvalue weighted by atomic mass is 79.9. The zero-order chi connectivity index (χ0) is 16.2. The highest BCUT2D eigenvalue weighted by molar-refractivity contribution is 9.10. The summed E-state index contributed by atoms with van der Waals surface area (Å²) in [5.41, 5.74) is 2.79. The second kappa shape index (κ2) is 6.46. The number of nitrogens with zero attached hydrogens (tertiary/aromatic N) is 2. The fourth-order valence-electron chi connectivity index (χ4n) is 2.09. The quantitative estimate of drug-likeness (QED) is 0.735. The molecule has 0 bridgehead atoms. The number of carbonyl (C=O) groups excluding carboxylic acids is 1. The first-order valence-corrected chi connectivity index (χ1v) is 7.58. The molecule has 112 valence electrons. The molecule has 1 heterocycles. The van der Waals surface area contributed by atoms with Gasteiger partial charge in [0.05, 0.1) is 16.9 Å². The Kier molecular flexibility index (Phi) is 4.22. The predicted octanol–water partition coefficient (Wildman–Crippen LogP) is 3.96. The van der Waals surface area contributed by atoms with Gasteiger partial charge in [-0.05, 0) is 30.3 Å². The van der Waals surface area contributed by atoms with Crippen LogP contribution >= 0.6 is 15.9 Å². The van der Waals surface area contributed by atoms with Crippen molar-refractivity contribution in [2.75, 3.05) is 5.32 Å². The minimum absolute atomic E-state index is 0.329. The Morgan fingerprint density at radius 3 is 2.65 bits per heavy atom. The molecule has 1 amide bonds. The van der Waals surface area contributed by atoms with Crippen LogP contribution in [0.1, 0.15) is 16.1 Å². The minimum Gasteiger partial charge on any atom is -0.319 e. The van der Waals surface area contributed by atoms with Crippen molar-refractivity contribution >= 4 is 27.5 Å². The van der Waals surface area contributed by atoms with Crippen LogP contribution in [0.25, 0.3) is 11.3 Å². The van der Waals surface area contributed by atoms with Gasteiger partial charge in [-0.15, -0.1) is 0 Å². The van der Waals surface area contributed by atoms with Gasteiger partial charge in [0, 0.05) is 10.0 Å². The van der Waals surface area contributed by atoms with Crippen molar-refractivity contribution in [3.05, 3.63) is 70.3 Å².